The Balaban J connectivity index is 1.95. The van der Waals surface area contributed by atoms with Gasteiger partial charge in [-0.05, 0) is 49.2 Å². The Morgan fingerprint density at radius 2 is 1.45 bits per heavy atom. The summed E-state index contributed by atoms with van der Waals surface area (Å²) in [6, 6.07) is 17.8. The molecule has 4 heteroatoms. The summed E-state index contributed by atoms with van der Waals surface area (Å²) in [7, 11) is 0. The Morgan fingerprint density at radius 3 is 2.05 bits per heavy atom. The Kier molecular flexibility index (Phi) is 4.39. The summed E-state index contributed by atoms with van der Waals surface area (Å²) in [5.74, 6) is -0.393. The van der Waals surface area contributed by atoms with Crippen LogP contribution in [0.5, 0.6) is 0 Å². The molecule has 2 N–H and O–H groups in total. The SMILES string of the molecule is NC(=O)c1ccc(N(c2ccccc2)N2CCCCC2)cc1. The number of rotatable bonds is 4. The minimum atomic E-state index is -0.393. The van der Waals surface area contributed by atoms with Crippen LogP contribution >= 0.6 is 0 Å². The fourth-order valence-electron chi connectivity index (χ4n) is 2.89. The molecule has 1 saturated heterocycles. The maximum atomic E-state index is 11.3. The first kappa shape index (κ1) is 14.6. The number of hydrogen-bond donors (Lipinski definition) is 1. The van der Waals surface area contributed by atoms with Crippen LogP contribution in [-0.2, 0) is 0 Å². The monoisotopic (exact) mass is 295 g/mol. The molecule has 0 saturated carbocycles. The van der Waals surface area contributed by atoms with Gasteiger partial charge in [-0.25, -0.2) is 5.01 Å². The number of benzene rings is 2. The minimum absolute atomic E-state index is 0.393. The summed E-state index contributed by atoms with van der Waals surface area (Å²) >= 11 is 0. The summed E-state index contributed by atoms with van der Waals surface area (Å²) in [4.78, 5) is 11.3. The average Bonchev–Trinajstić information content (AvgIpc) is 2.57. The van der Waals surface area contributed by atoms with Crippen molar-refractivity contribution in [3.05, 3.63) is 60.2 Å². The fraction of sp³-hybridized carbons (Fsp3) is 0.278. The van der Waals surface area contributed by atoms with Crippen molar-refractivity contribution in [2.24, 2.45) is 5.73 Å². The highest BCUT2D eigenvalue weighted by Gasteiger charge is 2.20. The van der Waals surface area contributed by atoms with E-state index in [1.54, 1.807) is 12.1 Å². The number of amides is 1. The summed E-state index contributed by atoms with van der Waals surface area (Å²) in [6.07, 6.45) is 3.71. The lowest BCUT2D eigenvalue weighted by Crippen LogP contribution is -2.42. The zero-order chi connectivity index (χ0) is 15.4. The van der Waals surface area contributed by atoms with Crippen molar-refractivity contribution in [2.75, 3.05) is 18.1 Å². The van der Waals surface area contributed by atoms with E-state index in [0.717, 1.165) is 24.5 Å². The van der Waals surface area contributed by atoms with Crippen LogP contribution in [0.1, 0.15) is 29.6 Å². The molecule has 1 fully saturated rings. The molecule has 0 bridgehead atoms. The molecule has 0 aliphatic carbocycles. The van der Waals surface area contributed by atoms with Crippen molar-refractivity contribution in [3.63, 3.8) is 0 Å². The molecule has 4 nitrogen and oxygen atoms in total. The van der Waals surface area contributed by atoms with Gasteiger partial charge in [0.15, 0.2) is 0 Å². The van der Waals surface area contributed by atoms with Crippen LogP contribution in [-0.4, -0.2) is 24.0 Å². The van der Waals surface area contributed by atoms with Crippen LogP contribution in [0.25, 0.3) is 0 Å². The first-order chi connectivity index (χ1) is 10.8. The first-order valence-corrected chi connectivity index (χ1v) is 7.75. The largest absolute Gasteiger partial charge is 0.366 e. The van der Waals surface area contributed by atoms with E-state index in [9.17, 15) is 4.79 Å². The van der Waals surface area contributed by atoms with Crippen LogP contribution in [0.4, 0.5) is 11.4 Å². The Bertz CT molecular complexity index is 619. The van der Waals surface area contributed by atoms with E-state index in [2.05, 4.69) is 22.2 Å². The number of piperidine rings is 1. The van der Waals surface area contributed by atoms with Gasteiger partial charge in [0.05, 0.1) is 11.4 Å². The molecule has 0 spiro atoms. The van der Waals surface area contributed by atoms with Crippen LogP contribution in [0, 0.1) is 0 Å². The topological polar surface area (TPSA) is 49.6 Å². The predicted molar refractivity (Wildman–Crippen MR) is 89.0 cm³/mol. The lowest BCUT2D eigenvalue weighted by Gasteiger charge is -2.39. The van der Waals surface area contributed by atoms with E-state index < -0.39 is 5.91 Å². The summed E-state index contributed by atoms with van der Waals surface area (Å²) in [5.41, 5.74) is 8.06. The van der Waals surface area contributed by atoms with Crippen LogP contribution in [0.15, 0.2) is 54.6 Å². The normalized spacial score (nSPS) is 15.5. The third kappa shape index (κ3) is 3.12. The van der Waals surface area contributed by atoms with Gasteiger partial charge in [0, 0.05) is 18.7 Å². The Morgan fingerprint density at radius 1 is 0.864 bits per heavy atom. The van der Waals surface area contributed by atoms with Gasteiger partial charge in [-0.3, -0.25) is 9.80 Å². The molecular formula is C18H21N3O. The third-order valence-electron chi connectivity index (χ3n) is 4.01. The molecule has 22 heavy (non-hydrogen) atoms. The predicted octanol–water partition coefficient (Wildman–Crippen LogP) is 3.32. The van der Waals surface area contributed by atoms with Gasteiger partial charge < -0.3 is 5.73 Å². The molecule has 2 aromatic carbocycles. The number of nitrogens with two attached hydrogens (primary N) is 1. The number of hydrogen-bond acceptors (Lipinski definition) is 3. The molecule has 0 aromatic heterocycles. The van der Waals surface area contributed by atoms with E-state index in [1.165, 1.54) is 19.3 Å². The van der Waals surface area contributed by atoms with Crippen molar-refractivity contribution in [1.82, 2.24) is 5.01 Å². The summed E-state index contributed by atoms with van der Waals surface area (Å²) in [6.45, 7) is 2.10. The van der Waals surface area contributed by atoms with Crippen LogP contribution < -0.4 is 10.7 Å². The molecule has 1 heterocycles. The van der Waals surface area contributed by atoms with Crippen LogP contribution in [0.3, 0.4) is 0 Å². The van der Waals surface area contributed by atoms with Crippen molar-refractivity contribution < 1.29 is 4.79 Å². The van der Waals surface area contributed by atoms with Crippen molar-refractivity contribution in [1.29, 1.82) is 0 Å². The zero-order valence-electron chi connectivity index (χ0n) is 12.6. The highest BCUT2D eigenvalue weighted by atomic mass is 16.1. The van der Waals surface area contributed by atoms with E-state index in [4.69, 9.17) is 5.73 Å². The molecule has 1 aliphatic rings. The lowest BCUT2D eigenvalue weighted by molar-refractivity contribution is 0.100. The second-order valence-electron chi connectivity index (χ2n) is 5.57. The maximum absolute atomic E-state index is 11.3. The second kappa shape index (κ2) is 6.62. The number of hydrazine groups is 1. The van der Waals surface area contributed by atoms with E-state index in [1.807, 2.05) is 30.3 Å². The smallest absolute Gasteiger partial charge is 0.248 e. The van der Waals surface area contributed by atoms with Crippen molar-refractivity contribution >= 4 is 17.3 Å². The van der Waals surface area contributed by atoms with E-state index in [-0.39, 0.29) is 0 Å². The van der Waals surface area contributed by atoms with Gasteiger partial charge >= 0.3 is 0 Å². The Hall–Kier alpha value is -2.33. The molecule has 0 radical (unpaired) electrons. The molecule has 2 aromatic rings. The first-order valence-electron chi connectivity index (χ1n) is 7.75. The van der Waals surface area contributed by atoms with Crippen molar-refractivity contribution in [3.8, 4) is 0 Å². The number of anilines is 2. The van der Waals surface area contributed by atoms with Gasteiger partial charge in [-0.15, -0.1) is 0 Å². The molecule has 1 amide bonds. The molecule has 3 rings (SSSR count). The molecular weight excluding hydrogens is 274 g/mol. The average molecular weight is 295 g/mol. The van der Waals surface area contributed by atoms with E-state index in [0.29, 0.717) is 5.56 Å². The minimum Gasteiger partial charge on any atom is -0.366 e. The van der Waals surface area contributed by atoms with Gasteiger partial charge in [0.2, 0.25) is 5.91 Å². The summed E-state index contributed by atoms with van der Waals surface area (Å²) in [5, 5.41) is 4.61. The van der Waals surface area contributed by atoms with Crippen molar-refractivity contribution in [2.45, 2.75) is 19.3 Å². The number of nitrogens with zero attached hydrogens (tertiary/aromatic N) is 2. The number of para-hydroxylation sites is 1. The van der Waals surface area contributed by atoms with Gasteiger partial charge in [-0.2, -0.15) is 0 Å². The highest BCUT2D eigenvalue weighted by Crippen LogP contribution is 2.29. The zero-order valence-corrected chi connectivity index (χ0v) is 12.6. The maximum Gasteiger partial charge on any atom is 0.248 e. The lowest BCUT2D eigenvalue weighted by atomic mass is 10.1. The third-order valence-corrected chi connectivity index (χ3v) is 4.01. The van der Waals surface area contributed by atoms with Crippen LogP contribution in [0.2, 0.25) is 0 Å². The number of carbonyl (C=O) groups excluding carboxylic acids is 1. The van der Waals surface area contributed by atoms with E-state index >= 15 is 0 Å². The summed E-state index contributed by atoms with van der Waals surface area (Å²) < 4.78 is 0. The highest BCUT2D eigenvalue weighted by molar-refractivity contribution is 5.93. The van der Waals surface area contributed by atoms with Gasteiger partial charge in [0.1, 0.15) is 0 Å². The quantitative estimate of drug-likeness (QED) is 0.941. The number of primary amides is 1. The molecule has 114 valence electrons. The Labute approximate surface area is 131 Å². The van der Waals surface area contributed by atoms with Gasteiger partial charge in [-0.1, -0.05) is 24.6 Å². The molecule has 1 aliphatic heterocycles. The molecule has 0 atom stereocenters. The fourth-order valence-corrected chi connectivity index (χ4v) is 2.89. The number of carbonyl (C=O) groups is 1. The molecule has 0 unspecified atom stereocenters. The van der Waals surface area contributed by atoms with Gasteiger partial charge in [0.25, 0.3) is 0 Å². The second-order valence-corrected chi connectivity index (χ2v) is 5.57. The standard InChI is InChI=1S/C18H21N3O/c19-18(22)15-9-11-17(12-10-15)21(16-7-3-1-4-8-16)20-13-5-2-6-14-20/h1,3-4,7-12H,2,5-6,13-14H2,(H2,19,22).